The number of rotatable bonds is 3. The highest BCUT2D eigenvalue weighted by atomic mass is 32.1. The summed E-state index contributed by atoms with van der Waals surface area (Å²) in [5, 5.41) is 5.38. The van der Waals surface area contributed by atoms with Gasteiger partial charge in [-0.1, -0.05) is 12.1 Å². The zero-order chi connectivity index (χ0) is 12.6. The second-order valence-corrected chi connectivity index (χ2v) is 5.75. The Hall–Kier alpha value is -1.32. The van der Waals surface area contributed by atoms with Gasteiger partial charge in [0, 0.05) is 17.6 Å². The lowest BCUT2D eigenvalue weighted by Gasteiger charge is -2.42. The van der Waals surface area contributed by atoms with Crippen LogP contribution in [0.25, 0.3) is 0 Å². The normalized spacial score (nSPS) is 17.2. The van der Waals surface area contributed by atoms with Crippen molar-refractivity contribution < 1.29 is 4.74 Å². The summed E-state index contributed by atoms with van der Waals surface area (Å²) in [6, 6.07) is 10.9. The van der Waals surface area contributed by atoms with E-state index in [1.807, 2.05) is 18.4 Å². The Morgan fingerprint density at radius 2 is 2.11 bits per heavy atom. The first kappa shape index (κ1) is 11.8. The van der Waals surface area contributed by atoms with Crippen molar-refractivity contribution in [3.8, 4) is 0 Å². The van der Waals surface area contributed by atoms with Crippen molar-refractivity contribution in [1.29, 1.82) is 0 Å². The number of ether oxygens (including phenoxy) is 1. The summed E-state index contributed by atoms with van der Waals surface area (Å²) in [5.41, 5.74) is 3.96. The molecule has 1 saturated heterocycles. The van der Waals surface area contributed by atoms with Crippen LogP contribution in [0.3, 0.4) is 0 Å². The molecule has 3 rings (SSSR count). The van der Waals surface area contributed by atoms with Gasteiger partial charge in [-0.25, -0.2) is 0 Å². The molecule has 0 bridgehead atoms. The van der Waals surface area contributed by atoms with Gasteiger partial charge in [0.15, 0.2) is 0 Å². The molecule has 2 aromatic rings. The van der Waals surface area contributed by atoms with Crippen molar-refractivity contribution in [2.45, 2.75) is 12.3 Å². The first-order valence-electron chi connectivity index (χ1n) is 6.17. The molecule has 18 heavy (non-hydrogen) atoms. The average Bonchev–Trinajstić information content (AvgIpc) is 2.75. The van der Waals surface area contributed by atoms with Crippen LogP contribution in [0.15, 0.2) is 35.7 Å². The van der Waals surface area contributed by atoms with E-state index >= 15 is 0 Å². The van der Waals surface area contributed by atoms with Crippen molar-refractivity contribution in [3.05, 3.63) is 51.7 Å². The first-order chi connectivity index (χ1) is 8.76. The molecule has 0 spiro atoms. The van der Waals surface area contributed by atoms with Crippen LogP contribution in [0.5, 0.6) is 0 Å². The number of hydrogen-bond donors (Lipinski definition) is 1. The van der Waals surface area contributed by atoms with Crippen LogP contribution in [-0.4, -0.2) is 20.3 Å². The Balaban J connectivity index is 2.09. The highest BCUT2D eigenvalue weighted by Crippen LogP contribution is 2.43. The standard InChI is InChI=1S/C15H17NOS/c1-11-6-7-18-14(11)15(9-17-10-15)12-4-3-5-13(8-12)16-2/h3-8,16H,9-10H2,1-2H3. The third-order valence-corrected chi connectivity index (χ3v) is 4.92. The van der Waals surface area contributed by atoms with Gasteiger partial charge in [0.2, 0.25) is 0 Å². The molecular weight excluding hydrogens is 242 g/mol. The lowest BCUT2D eigenvalue weighted by atomic mass is 9.76. The summed E-state index contributed by atoms with van der Waals surface area (Å²) in [4.78, 5) is 1.45. The minimum absolute atomic E-state index is 0.0745. The van der Waals surface area contributed by atoms with Gasteiger partial charge in [0.1, 0.15) is 0 Å². The predicted molar refractivity (Wildman–Crippen MR) is 76.6 cm³/mol. The van der Waals surface area contributed by atoms with Crippen molar-refractivity contribution in [3.63, 3.8) is 0 Å². The zero-order valence-corrected chi connectivity index (χ0v) is 11.5. The van der Waals surface area contributed by atoms with Crippen molar-refractivity contribution in [2.75, 3.05) is 25.6 Å². The maximum absolute atomic E-state index is 5.53. The summed E-state index contributed by atoms with van der Waals surface area (Å²) in [5.74, 6) is 0. The van der Waals surface area contributed by atoms with Gasteiger partial charge in [-0.3, -0.25) is 0 Å². The number of nitrogens with one attached hydrogen (secondary N) is 1. The number of thiophene rings is 1. The topological polar surface area (TPSA) is 21.3 Å². The third kappa shape index (κ3) is 1.66. The molecule has 2 heterocycles. The number of aryl methyl sites for hydroxylation is 1. The van der Waals surface area contributed by atoms with E-state index in [9.17, 15) is 0 Å². The molecule has 0 aliphatic carbocycles. The predicted octanol–water partition coefficient (Wildman–Crippen LogP) is 3.41. The quantitative estimate of drug-likeness (QED) is 0.912. The minimum Gasteiger partial charge on any atom is -0.388 e. The van der Waals surface area contributed by atoms with E-state index in [-0.39, 0.29) is 5.41 Å². The zero-order valence-electron chi connectivity index (χ0n) is 10.7. The van der Waals surface area contributed by atoms with Gasteiger partial charge in [0.25, 0.3) is 0 Å². The SMILES string of the molecule is CNc1cccc(C2(c3sccc3C)COC2)c1. The average molecular weight is 259 g/mol. The van der Waals surface area contributed by atoms with Gasteiger partial charge in [0.05, 0.1) is 18.6 Å². The highest BCUT2D eigenvalue weighted by molar-refractivity contribution is 7.10. The molecule has 0 amide bonds. The van der Waals surface area contributed by atoms with Crippen LogP contribution < -0.4 is 5.32 Å². The highest BCUT2D eigenvalue weighted by Gasteiger charge is 2.43. The monoisotopic (exact) mass is 259 g/mol. The lowest BCUT2D eigenvalue weighted by molar-refractivity contribution is -0.0364. The fourth-order valence-corrected chi connectivity index (χ4v) is 3.69. The van der Waals surface area contributed by atoms with Crippen LogP contribution in [0.1, 0.15) is 16.0 Å². The molecule has 0 saturated carbocycles. The fourth-order valence-electron chi connectivity index (χ4n) is 2.57. The van der Waals surface area contributed by atoms with Crippen LogP contribution in [-0.2, 0) is 10.2 Å². The van der Waals surface area contributed by atoms with Crippen LogP contribution >= 0.6 is 11.3 Å². The molecule has 1 aliphatic rings. The minimum atomic E-state index is 0.0745. The number of anilines is 1. The van der Waals surface area contributed by atoms with Crippen LogP contribution in [0.4, 0.5) is 5.69 Å². The van der Waals surface area contributed by atoms with Crippen molar-refractivity contribution in [2.24, 2.45) is 0 Å². The summed E-state index contributed by atoms with van der Waals surface area (Å²) in [7, 11) is 1.96. The molecule has 3 heteroatoms. The molecule has 1 aromatic heterocycles. The summed E-state index contributed by atoms with van der Waals surface area (Å²) in [6.07, 6.45) is 0. The maximum Gasteiger partial charge on any atom is 0.0766 e. The van der Waals surface area contributed by atoms with E-state index in [4.69, 9.17) is 4.74 Å². The lowest BCUT2D eigenvalue weighted by Crippen LogP contribution is -2.47. The maximum atomic E-state index is 5.53. The summed E-state index contributed by atoms with van der Waals surface area (Å²) >= 11 is 1.84. The second-order valence-electron chi connectivity index (χ2n) is 4.84. The molecule has 1 aliphatic heterocycles. The summed E-state index contributed by atoms with van der Waals surface area (Å²) in [6.45, 7) is 3.77. The van der Waals surface area contributed by atoms with E-state index in [0.29, 0.717) is 0 Å². The molecule has 0 unspecified atom stereocenters. The molecule has 0 radical (unpaired) electrons. The first-order valence-corrected chi connectivity index (χ1v) is 7.05. The Labute approximate surface area is 112 Å². The molecule has 1 fully saturated rings. The van der Waals surface area contributed by atoms with Crippen molar-refractivity contribution >= 4 is 17.0 Å². The Bertz CT molecular complexity index is 557. The Kier molecular flexibility index (Phi) is 2.88. The van der Waals surface area contributed by atoms with Gasteiger partial charge in [-0.05, 0) is 41.6 Å². The molecule has 2 nitrogen and oxygen atoms in total. The van der Waals surface area contributed by atoms with E-state index < -0.39 is 0 Å². The van der Waals surface area contributed by atoms with Crippen LogP contribution in [0, 0.1) is 6.92 Å². The van der Waals surface area contributed by atoms with Gasteiger partial charge < -0.3 is 10.1 Å². The van der Waals surface area contributed by atoms with Gasteiger partial charge in [-0.15, -0.1) is 11.3 Å². The van der Waals surface area contributed by atoms with E-state index in [2.05, 4.69) is 48.0 Å². The largest absolute Gasteiger partial charge is 0.388 e. The van der Waals surface area contributed by atoms with E-state index in [1.54, 1.807) is 0 Å². The van der Waals surface area contributed by atoms with Crippen LogP contribution in [0.2, 0.25) is 0 Å². The number of benzene rings is 1. The summed E-state index contributed by atoms with van der Waals surface area (Å²) < 4.78 is 5.53. The molecule has 1 aromatic carbocycles. The van der Waals surface area contributed by atoms with E-state index in [0.717, 1.165) is 18.9 Å². The fraction of sp³-hybridized carbons (Fsp3) is 0.333. The Morgan fingerprint density at radius 1 is 1.28 bits per heavy atom. The Morgan fingerprint density at radius 3 is 2.67 bits per heavy atom. The third-order valence-electron chi connectivity index (χ3n) is 3.70. The smallest absolute Gasteiger partial charge is 0.0766 e. The van der Waals surface area contributed by atoms with Crippen molar-refractivity contribution in [1.82, 2.24) is 0 Å². The molecular formula is C15H17NOS. The second kappa shape index (κ2) is 4.41. The molecule has 94 valence electrons. The number of hydrogen-bond acceptors (Lipinski definition) is 3. The van der Waals surface area contributed by atoms with Gasteiger partial charge >= 0.3 is 0 Å². The van der Waals surface area contributed by atoms with Gasteiger partial charge in [-0.2, -0.15) is 0 Å². The molecule has 0 atom stereocenters. The molecule has 1 N–H and O–H groups in total. The van der Waals surface area contributed by atoms with E-state index in [1.165, 1.54) is 16.0 Å².